The van der Waals surface area contributed by atoms with Crippen molar-refractivity contribution in [1.82, 2.24) is 11.0 Å². The van der Waals surface area contributed by atoms with Gasteiger partial charge in [0.05, 0.1) is 5.69 Å². The first-order valence-corrected chi connectivity index (χ1v) is 3.74. The van der Waals surface area contributed by atoms with Crippen LogP contribution in [0.4, 0.5) is 5.69 Å². The Labute approximate surface area is 79.7 Å². The Bertz CT molecular complexity index is 337. The van der Waals surface area contributed by atoms with Crippen molar-refractivity contribution >= 4 is 11.6 Å². The van der Waals surface area contributed by atoms with E-state index in [1.54, 1.807) is 29.8 Å². The minimum Gasteiger partial charge on any atom is -0.368 e. The Balaban J connectivity index is 2.56. The number of aliphatic imine (C=N–C) groups is 1. The molecule has 14 heavy (non-hydrogen) atoms. The third kappa shape index (κ3) is 3.39. The lowest BCUT2D eigenvalue weighted by Crippen LogP contribution is -2.45. The fourth-order valence-corrected chi connectivity index (χ4v) is 0.772. The lowest BCUT2D eigenvalue weighted by Gasteiger charge is -2.00. The summed E-state index contributed by atoms with van der Waals surface area (Å²) in [5, 5.41) is 9.11. The number of nitrogens with one attached hydrogen (secondary N) is 2. The smallest absolute Gasteiger partial charge is 0.217 e. The van der Waals surface area contributed by atoms with E-state index in [1.165, 1.54) is 0 Å². The van der Waals surface area contributed by atoms with Gasteiger partial charge in [-0.1, -0.05) is 18.2 Å². The monoisotopic (exact) mass is 195 g/mol. The van der Waals surface area contributed by atoms with Crippen LogP contribution in [-0.4, -0.2) is 11.0 Å². The number of para-hydroxylation sites is 1. The molecule has 4 N–H and O–H groups in total. The molecule has 7 heteroatoms. The van der Waals surface area contributed by atoms with Gasteiger partial charge in [-0.05, 0) is 17.7 Å². The zero-order valence-corrected chi connectivity index (χ0v) is 7.18. The number of hydrazine groups is 2. The number of hydrogen-bond acceptors (Lipinski definition) is 3. The number of benzene rings is 1. The molecular weight excluding hydrogens is 186 g/mol. The van der Waals surface area contributed by atoms with Gasteiger partial charge in [-0.2, -0.15) is 0 Å². The summed E-state index contributed by atoms with van der Waals surface area (Å²) < 4.78 is 0. The van der Waals surface area contributed by atoms with E-state index in [2.05, 4.69) is 10.4 Å². The molecule has 0 aliphatic rings. The second kappa shape index (κ2) is 4.65. The molecule has 0 saturated heterocycles. The Morgan fingerprint density at radius 2 is 2.07 bits per heavy atom. The number of nitro groups is 1. The summed E-state index contributed by atoms with van der Waals surface area (Å²) in [5.74, 6) is -0.0760. The zero-order chi connectivity index (χ0) is 10.4. The molecule has 0 heterocycles. The fourth-order valence-electron chi connectivity index (χ4n) is 0.772. The quantitative estimate of drug-likeness (QED) is 0.271. The van der Waals surface area contributed by atoms with Crippen molar-refractivity contribution in [3.63, 3.8) is 0 Å². The molecule has 0 aliphatic carbocycles. The van der Waals surface area contributed by atoms with Crippen LogP contribution in [-0.2, 0) is 0 Å². The molecule has 1 rings (SSSR count). The van der Waals surface area contributed by atoms with Crippen molar-refractivity contribution < 1.29 is 5.03 Å². The zero-order valence-electron chi connectivity index (χ0n) is 7.18. The average molecular weight is 195 g/mol. The number of nitrogens with zero attached hydrogens (tertiary/aromatic N) is 2. The minimum absolute atomic E-state index is 0.0760. The van der Waals surface area contributed by atoms with Crippen LogP contribution in [0.25, 0.3) is 0 Å². The van der Waals surface area contributed by atoms with E-state index in [4.69, 9.17) is 5.73 Å². The van der Waals surface area contributed by atoms with Gasteiger partial charge in [0.15, 0.2) is 5.03 Å². The minimum atomic E-state index is -0.770. The van der Waals surface area contributed by atoms with Gasteiger partial charge in [0.25, 0.3) is 0 Å². The Kier molecular flexibility index (Phi) is 3.25. The van der Waals surface area contributed by atoms with Gasteiger partial charge < -0.3 is 5.73 Å². The first-order valence-electron chi connectivity index (χ1n) is 3.74. The second-order valence-corrected chi connectivity index (χ2v) is 2.33. The van der Waals surface area contributed by atoms with Gasteiger partial charge in [-0.15, -0.1) is 0 Å². The van der Waals surface area contributed by atoms with Crippen molar-refractivity contribution in [3.05, 3.63) is 40.4 Å². The highest BCUT2D eigenvalue weighted by Gasteiger charge is 1.95. The number of nitrogens with two attached hydrogens (primary N) is 1. The summed E-state index contributed by atoms with van der Waals surface area (Å²) in [6.07, 6.45) is 0. The molecule has 7 nitrogen and oxygen atoms in total. The number of rotatable bonds is 3. The third-order valence-corrected chi connectivity index (χ3v) is 1.28. The molecule has 1 aromatic rings. The molecule has 0 radical (unpaired) electrons. The molecule has 0 saturated carbocycles. The van der Waals surface area contributed by atoms with E-state index in [0.29, 0.717) is 5.69 Å². The third-order valence-electron chi connectivity index (χ3n) is 1.28. The lowest BCUT2D eigenvalue weighted by atomic mass is 10.3. The highest BCUT2D eigenvalue weighted by Crippen LogP contribution is 2.08. The maximum Gasteiger partial charge on any atom is 0.217 e. The van der Waals surface area contributed by atoms with E-state index in [0.717, 1.165) is 0 Å². The predicted octanol–water partition coefficient (Wildman–Crippen LogP) is -0.0813. The SMILES string of the molecule is NC(=Nc1ccccc1)NN[N+](=O)[O-]. The summed E-state index contributed by atoms with van der Waals surface area (Å²) in [6, 6.07) is 8.85. The first kappa shape index (κ1) is 9.78. The Morgan fingerprint density at radius 3 is 2.64 bits per heavy atom. The van der Waals surface area contributed by atoms with Gasteiger partial charge in [0.2, 0.25) is 5.96 Å². The molecule has 0 aromatic heterocycles. The van der Waals surface area contributed by atoms with E-state index >= 15 is 0 Å². The standard InChI is InChI=1S/C7H9N5O2/c8-7(10-11-12(13)14)9-6-4-2-1-3-5-6/h1-5,11H,(H3,8,9,10). The average Bonchev–Trinajstić information content (AvgIpc) is 2.16. The van der Waals surface area contributed by atoms with Crippen molar-refractivity contribution in [2.75, 3.05) is 0 Å². The summed E-state index contributed by atoms with van der Waals surface area (Å²) in [7, 11) is 0. The normalized spacial score (nSPS) is 10.7. The second-order valence-electron chi connectivity index (χ2n) is 2.33. The molecule has 0 unspecified atom stereocenters. The number of hydrogen-bond donors (Lipinski definition) is 3. The van der Waals surface area contributed by atoms with E-state index in [-0.39, 0.29) is 5.96 Å². The van der Waals surface area contributed by atoms with Gasteiger partial charge in [-0.25, -0.2) is 20.5 Å². The highest BCUT2D eigenvalue weighted by molar-refractivity contribution is 5.80. The van der Waals surface area contributed by atoms with Crippen LogP contribution in [0.3, 0.4) is 0 Å². The van der Waals surface area contributed by atoms with Crippen LogP contribution >= 0.6 is 0 Å². The first-order chi connectivity index (χ1) is 6.68. The summed E-state index contributed by atoms with van der Waals surface area (Å²) in [6.45, 7) is 0. The Hall–Kier alpha value is -2.31. The maximum absolute atomic E-state index is 9.88. The predicted molar refractivity (Wildman–Crippen MR) is 51.0 cm³/mol. The molecule has 0 amide bonds. The van der Waals surface area contributed by atoms with Crippen molar-refractivity contribution in [2.24, 2.45) is 10.7 Å². The van der Waals surface area contributed by atoms with Crippen LogP contribution in [0.1, 0.15) is 0 Å². The van der Waals surface area contributed by atoms with Crippen molar-refractivity contribution in [2.45, 2.75) is 0 Å². The molecule has 74 valence electrons. The Morgan fingerprint density at radius 1 is 1.43 bits per heavy atom. The van der Waals surface area contributed by atoms with Crippen LogP contribution in [0, 0.1) is 10.1 Å². The molecule has 1 aromatic carbocycles. The molecule has 0 spiro atoms. The summed E-state index contributed by atoms with van der Waals surface area (Å²) >= 11 is 0. The van der Waals surface area contributed by atoms with Crippen LogP contribution < -0.4 is 16.7 Å². The number of guanidine groups is 1. The molecule has 0 aliphatic heterocycles. The topological polar surface area (TPSA) is 106 Å². The molecule has 0 fully saturated rings. The maximum atomic E-state index is 9.88. The van der Waals surface area contributed by atoms with Gasteiger partial charge in [0.1, 0.15) is 0 Å². The van der Waals surface area contributed by atoms with Gasteiger partial charge >= 0.3 is 0 Å². The van der Waals surface area contributed by atoms with Crippen LogP contribution in [0.2, 0.25) is 0 Å². The molecular formula is C7H9N5O2. The van der Waals surface area contributed by atoms with Crippen molar-refractivity contribution in [1.29, 1.82) is 0 Å². The van der Waals surface area contributed by atoms with Crippen LogP contribution in [0.5, 0.6) is 0 Å². The van der Waals surface area contributed by atoms with Crippen molar-refractivity contribution in [3.8, 4) is 0 Å². The van der Waals surface area contributed by atoms with E-state index in [1.807, 2.05) is 6.07 Å². The molecule has 0 bridgehead atoms. The van der Waals surface area contributed by atoms with Crippen LogP contribution in [0.15, 0.2) is 35.3 Å². The summed E-state index contributed by atoms with van der Waals surface area (Å²) in [5.41, 5.74) is 9.73. The van der Waals surface area contributed by atoms with E-state index < -0.39 is 5.03 Å². The van der Waals surface area contributed by atoms with Gasteiger partial charge in [0, 0.05) is 0 Å². The summed E-state index contributed by atoms with van der Waals surface area (Å²) in [4.78, 5) is 13.7. The largest absolute Gasteiger partial charge is 0.368 e. The lowest BCUT2D eigenvalue weighted by molar-refractivity contribution is -0.551. The fraction of sp³-hybridized carbons (Fsp3) is 0. The highest BCUT2D eigenvalue weighted by atomic mass is 16.7. The van der Waals surface area contributed by atoms with Gasteiger partial charge in [-0.3, -0.25) is 0 Å². The molecule has 0 atom stereocenters. The van der Waals surface area contributed by atoms with E-state index in [9.17, 15) is 10.1 Å².